The van der Waals surface area contributed by atoms with Crippen molar-refractivity contribution in [3.63, 3.8) is 0 Å². The molecule has 1 fully saturated rings. The Balaban J connectivity index is 2.60. The topological polar surface area (TPSA) is 46.5 Å². The van der Waals surface area contributed by atoms with E-state index in [9.17, 15) is 9.90 Å². The molecule has 1 rings (SSSR count). The van der Waals surface area contributed by atoms with Gasteiger partial charge in [0.05, 0.1) is 17.1 Å². The molecule has 2 atom stereocenters. The van der Waals surface area contributed by atoms with Crippen molar-refractivity contribution in [3.8, 4) is 0 Å². The van der Waals surface area contributed by atoms with Gasteiger partial charge in [-0.1, -0.05) is 13.3 Å². The first kappa shape index (κ1) is 13.5. The summed E-state index contributed by atoms with van der Waals surface area (Å²) in [6.07, 6.45) is 4.39. The number of carboxylic acids is 1. The van der Waals surface area contributed by atoms with Gasteiger partial charge in [0.2, 0.25) is 0 Å². The van der Waals surface area contributed by atoms with Gasteiger partial charge in [0.1, 0.15) is 0 Å². The lowest BCUT2D eigenvalue weighted by molar-refractivity contribution is -0.151. The fraction of sp³-hybridized carbons (Fsp3) is 0.923. The lowest BCUT2D eigenvalue weighted by Gasteiger charge is -2.28. The van der Waals surface area contributed by atoms with E-state index in [1.54, 1.807) is 0 Å². The third-order valence-electron chi connectivity index (χ3n) is 3.55. The van der Waals surface area contributed by atoms with E-state index < -0.39 is 11.4 Å². The van der Waals surface area contributed by atoms with Crippen LogP contribution in [0, 0.1) is 5.41 Å². The van der Waals surface area contributed by atoms with Crippen LogP contribution in [0.3, 0.4) is 0 Å². The van der Waals surface area contributed by atoms with Crippen LogP contribution in [-0.4, -0.2) is 22.8 Å². The van der Waals surface area contributed by atoms with Gasteiger partial charge in [0.15, 0.2) is 0 Å². The Morgan fingerprint density at radius 2 is 2.19 bits per heavy atom. The molecule has 1 aliphatic rings. The molecule has 0 aliphatic carbocycles. The van der Waals surface area contributed by atoms with Crippen molar-refractivity contribution in [1.82, 2.24) is 0 Å². The number of hydrogen-bond donors (Lipinski definition) is 1. The smallest absolute Gasteiger partial charge is 0.309 e. The fourth-order valence-corrected chi connectivity index (χ4v) is 2.57. The molecule has 0 radical (unpaired) electrons. The normalized spacial score (nSPS) is 27.6. The average Bonchev–Trinajstić information content (AvgIpc) is 2.45. The molecule has 0 aromatic rings. The maximum absolute atomic E-state index is 11.3. The molecule has 3 nitrogen and oxygen atoms in total. The van der Waals surface area contributed by atoms with Crippen LogP contribution < -0.4 is 0 Å². The largest absolute Gasteiger partial charge is 0.481 e. The number of hydrogen-bond acceptors (Lipinski definition) is 2. The van der Waals surface area contributed by atoms with Gasteiger partial charge in [-0.15, -0.1) is 0 Å². The van der Waals surface area contributed by atoms with Gasteiger partial charge in [-0.25, -0.2) is 0 Å². The van der Waals surface area contributed by atoms with Gasteiger partial charge in [-0.2, -0.15) is 0 Å². The van der Waals surface area contributed by atoms with Gasteiger partial charge in [0, 0.05) is 0 Å². The van der Waals surface area contributed by atoms with E-state index in [0.29, 0.717) is 6.42 Å². The Hall–Kier alpha value is -0.570. The summed E-state index contributed by atoms with van der Waals surface area (Å²) in [6.45, 7) is 8.02. The molecule has 3 heteroatoms. The highest BCUT2D eigenvalue weighted by molar-refractivity contribution is 5.74. The predicted molar refractivity (Wildman–Crippen MR) is 63.5 cm³/mol. The second kappa shape index (κ2) is 4.74. The van der Waals surface area contributed by atoms with E-state index in [1.165, 1.54) is 0 Å². The van der Waals surface area contributed by atoms with Crippen molar-refractivity contribution in [2.24, 2.45) is 5.41 Å². The van der Waals surface area contributed by atoms with Crippen molar-refractivity contribution in [1.29, 1.82) is 0 Å². The summed E-state index contributed by atoms with van der Waals surface area (Å²) in [5, 5.41) is 9.30. The number of carbonyl (C=O) groups is 1. The second-order valence-electron chi connectivity index (χ2n) is 5.86. The molecule has 1 heterocycles. The minimum Gasteiger partial charge on any atom is -0.481 e. The van der Waals surface area contributed by atoms with Crippen LogP contribution in [0.5, 0.6) is 0 Å². The molecular formula is C13H24O3. The van der Waals surface area contributed by atoms with Crippen molar-refractivity contribution >= 4 is 5.97 Å². The second-order valence-corrected chi connectivity index (χ2v) is 5.86. The number of ether oxygens (including phenoxy) is 1. The Morgan fingerprint density at radius 3 is 2.56 bits per heavy atom. The monoisotopic (exact) mass is 228 g/mol. The highest BCUT2D eigenvalue weighted by Gasteiger charge is 2.40. The van der Waals surface area contributed by atoms with Crippen LogP contribution in [0.4, 0.5) is 0 Å². The van der Waals surface area contributed by atoms with Crippen molar-refractivity contribution < 1.29 is 14.6 Å². The van der Waals surface area contributed by atoms with Gasteiger partial charge in [-0.05, 0) is 46.5 Å². The number of rotatable bonds is 5. The van der Waals surface area contributed by atoms with Crippen LogP contribution in [0.2, 0.25) is 0 Å². The molecule has 0 bridgehead atoms. The molecule has 2 unspecified atom stereocenters. The van der Waals surface area contributed by atoms with Gasteiger partial charge in [0.25, 0.3) is 0 Å². The molecule has 94 valence electrons. The number of carboxylic acid groups (broad SMARTS) is 1. The lowest BCUT2D eigenvalue weighted by atomic mass is 9.80. The molecule has 1 N–H and O–H groups in total. The molecular weight excluding hydrogens is 204 g/mol. The van der Waals surface area contributed by atoms with E-state index in [-0.39, 0.29) is 11.7 Å². The highest BCUT2D eigenvalue weighted by atomic mass is 16.5. The zero-order valence-corrected chi connectivity index (χ0v) is 10.9. The molecule has 1 aliphatic heterocycles. The summed E-state index contributed by atoms with van der Waals surface area (Å²) in [4.78, 5) is 11.3. The summed E-state index contributed by atoms with van der Waals surface area (Å²) in [5.41, 5.74) is -0.698. The molecule has 0 spiro atoms. The highest BCUT2D eigenvalue weighted by Crippen LogP contribution is 2.38. The first-order valence-electron chi connectivity index (χ1n) is 6.20. The Morgan fingerprint density at radius 1 is 1.56 bits per heavy atom. The Kier molecular flexibility index (Phi) is 4.00. The molecule has 16 heavy (non-hydrogen) atoms. The third kappa shape index (κ3) is 3.21. The quantitative estimate of drug-likeness (QED) is 0.785. The zero-order valence-electron chi connectivity index (χ0n) is 10.9. The van der Waals surface area contributed by atoms with E-state index in [2.05, 4.69) is 13.8 Å². The Bertz CT molecular complexity index is 260. The molecule has 0 saturated carbocycles. The summed E-state index contributed by atoms with van der Waals surface area (Å²) in [6, 6.07) is 0. The van der Waals surface area contributed by atoms with Crippen LogP contribution >= 0.6 is 0 Å². The summed E-state index contributed by atoms with van der Waals surface area (Å²) in [5.74, 6) is -0.692. The van der Waals surface area contributed by atoms with Crippen molar-refractivity contribution in [3.05, 3.63) is 0 Å². The van der Waals surface area contributed by atoms with E-state index in [4.69, 9.17) is 4.74 Å². The van der Waals surface area contributed by atoms with Crippen molar-refractivity contribution in [2.75, 3.05) is 0 Å². The maximum atomic E-state index is 11.3. The van der Waals surface area contributed by atoms with Crippen LogP contribution in [0.1, 0.15) is 59.8 Å². The van der Waals surface area contributed by atoms with Crippen molar-refractivity contribution in [2.45, 2.75) is 71.5 Å². The first-order valence-corrected chi connectivity index (χ1v) is 6.20. The van der Waals surface area contributed by atoms with Crippen LogP contribution in [-0.2, 0) is 9.53 Å². The standard InChI is InChI=1S/C13H24O3/c1-5-7-13(4,11(14)15)9-10-6-8-12(2,3)16-10/h10H,5-9H2,1-4H3,(H,14,15). The molecule has 0 aromatic carbocycles. The van der Waals surface area contributed by atoms with E-state index in [0.717, 1.165) is 25.7 Å². The lowest BCUT2D eigenvalue weighted by Crippen LogP contribution is -2.32. The minimum atomic E-state index is -0.692. The third-order valence-corrected chi connectivity index (χ3v) is 3.55. The van der Waals surface area contributed by atoms with Crippen LogP contribution in [0.25, 0.3) is 0 Å². The predicted octanol–water partition coefficient (Wildman–Crippen LogP) is 3.23. The molecule has 0 aromatic heterocycles. The maximum Gasteiger partial charge on any atom is 0.309 e. The zero-order chi connectivity index (χ0) is 12.4. The van der Waals surface area contributed by atoms with Gasteiger partial charge < -0.3 is 9.84 Å². The minimum absolute atomic E-state index is 0.0731. The van der Waals surface area contributed by atoms with E-state index in [1.807, 2.05) is 13.8 Å². The summed E-state index contributed by atoms with van der Waals surface area (Å²) < 4.78 is 5.88. The van der Waals surface area contributed by atoms with Crippen LogP contribution in [0.15, 0.2) is 0 Å². The first-order chi connectivity index (χ1) is 7.29. The fourth-order valence-electron chi connectivity index (χ4n) is 2.57. The number of aliphatic carboxylic acids is 1. The summed E-state index contributed by atoms with van der Waals surface area (Å²) in [7, 11) is 0. The van der Waals surface area contributed by atoms with Gasteiger partial charge >= 0.3 is 5.97 Å². The Labute approximate surface area is 98.2 Å². The van der Waals surface area contributed by atoms with E-state index >= 15 is 0 Å². The molecule has 0 amide bonds. The summed E-state index contributed by atoms with van der Waals surface area (Å²) >= 11 is 0. The average molecular weight is 228 g/mol. The SMILES string of the molecule is CCCC(C)(CC1CCC(C)(C)O1)C(=O)O. The molecule has 1 saturated heterocycles. The van der Waals surface area contributed by atoms with Gasteiger partial charge in [-0.3, -0.25) is 4.79 Å².